The van der Waals surface area contributed by atoms with Crippen molar-refractivity contribution < 1.29 is 9.53 Å². The first-order chi connectivity index (χ1) is 6.96. The molecule has 0 aromatic rings. The summed E-state index contributed by atoms with van der Waals surface area (Å²) in [6.07, 6.45) is 3.99. The van der Waals surface area contributed by atoms with Gasteiger partial charge in [0.15, 0.2) is 0 Å². The fourth-order valence-corrected chi connectivity index (χ4v) is 1.37. The number of hydrogen-bond donors (Lipinski definition) is 1. The first-order valence-corrected chi connectivity index (χ1v) is 5.82. The van der Waals surface area contributed by atoms with Crippen LogP contribution in [0.4, 0.5) is 0 Å². The van der Waals surface area contributed by atoms with E-state index >= 15 is 0 Å². The highest BCUT2D eigenvalue weighted by Gasteiger charge is 2.25. The summed E-state index contributed by atoms with van der Waals surface area (Å²) in [5.74, 6) is -0.148. The van der Waals surface area contributed by atoms with Crippen LogP contribution in [0, 0.1) is 0 Å². The second-order valence-electron chi connectivity index (χ2n) is 4.60. The normalized spacial score (nSPS) is 13.7. The molecule has 0 fully saturated rings. The number of ether oxygens (including phenoxy) is 1. The molecule has 15 heavy (non-hydrogen) atoms. The third-order valence-corrected chi connectivity index (χ3v) is 2.78. The van der Waals surface area contributed by atoms with Crippen molar-refractivity contribution in [2.45, 2.75) is 65.0 Å². The Morgan fingerprint density at radius 1 is 1.40 bits per heavy atom. The molecular formula is C12H25NO2. The van der Waals surface area contributed by atoms with Crippen molar-refractivity contribution in [2.24, 2.45) is 0 Å². The highest BCUT2D eigenvalue weighted by molar-refractivity contribution is 5.75. The third-order valence-electron chi connectivity index (χ3n) is 2.78. The molecule has 90 valence electrons. The van der Waals surface area contributed by atoms with Gasteiger partial charge in [0.2, 0.25) is 0 Å². The number of hydrogen-bond acceptors (Lipinski definition) is 3. The summed E-state index contributed by atoms with van der Waals surface area (Å²) in [7, 11) is 1.45. The van der Waals surface area contributed by atoms with Crippen molar-refractivity contribution in [2.75, 3.05) is 7.11 Å². The van der Waals surface area contributed by atoms with E-state index in [9.17, 15) is 4.79 Å². The number of carbonyl (C=O) groups is 1. The van der Waals surface area contributed by atoms with E-state index in [4.69, 9.17) is 4.74 Å². The van der Waals surface area contributed by atoms with Gasteiger partial charge in [-0.3, -0.25) is 10.1 Å². The fraction of sp³-hybridized carbons (Fsp3) is 0.917. The number of carbonyl (C=O) groups excluding carboxylic acids is 1. The molecule has 0 aliphatic heterocycles. The van der Waals surface area contributed by atoms with Gasteiger partial charge in [-0.1, -0.05) is 26.7 Å². The molecule has 1 atom stereocenters. The standard InChI is InChI=1S/C12H25NO2/c1-6-8-9-10(11(14)15-5)13-12(3,4)7-2/h10,13H,6-9H2,1-5H3. The van der Waals surface area contributed by atoms with Crippen LogP contribution in [0.3, 0.4) is 0 Å². The summed E-state index contributed by atoms with van der Waals surface area (Å²) in [5.41, 5.74) is -0.00734. The summed E-state index contributed by atoms with van der Waals surface area (Å²) >= 11 is 0. The molecule has 0 radical (unpaired) electrons. The van der Waals surface area contributed by atoms with Crippen LogP contribution in [0.2, 0.25) is 0 Å². The molecule has 3 heteroatoms. The predicted octanol–water partition coefficient (Wildman–Crippen LogP) is 2.50. The Morgan fingerprint density at radius 3 is 2.40 bits per heavy atom. The Balaban J connectivity index is 4.30. The van der Waals surface area contributed by atoms with Gasteiger partial charge in [0.1, 0.15) is 6.04 Å². The van der Waals surface area contributed by atoms with Crippen molar-refractivity contribution in [3.05, 3.63) is 0 Å². The Bertz CT molecular complexity index is 190. The van der Waals surface area contributed by atoms with Gasteiger partial charge in [-0.2, -0.15) is 0 Å². The van der Waals surface area contributed by atoms with Crippen LogP contribution >= 0.6 is 0 Å². The molecule has 0 saturated heterocycles. The Hall–Kier alpha value is -0.570. The van der Waals surface area contributed by atoms with Crippen LogP contribution in [0.25, 0.3) is 0 Å². The molecule has 0 saturated carbocycles. The first kappa shape index (κ1) is 14.4. The van der Waals surface area contributed by atoms with E-state index in [1.54, 1.807) is 0 Å². The lowest BCUT2D eigenvalue weighted by Crippen LogP contribution is -2.49. The highest BCUT2D eigenvalue weighted by Crippen LogP contribution is 2.12. The molecule has 0 aliphatic rings. The zero-order valence-corrected chi connectivity index (χ0v) is 10.7. The molecule has 0 aromatic carbocycles. The molecule has 0 spiro atoms. The number of unbranched alkanes of at least 4 members (excludes halogenated alkanes) is 1. The number of rotatable bonds is 7. The second-order valence-corrected chi connectivity index (χ2v) is 4.60. The van der Waals surface area contributed by atoms with Gasteiger partial charge >= 0.3 is 5.97 Å². The largest absolute Gasteiger partial charge is 0.468 e. The molecule has 0 amide bonds. The molecule has 0 aromatic heterocycles. The lowest BCUT2D eigenvalue weighted by atomic mass is 9.99. The van der Waals surface area contributed by atoms with E-state index in [2.05, 4.69) is 33.0 Å². The topological polar surface area (TPSA) is 38.3 Å². The summed E-state index contributed by atoms with van der Waals surface area (Å²) in [5, 5.41) is 3.35. The number of nitrogens with one attached hydrogen (secondary N) is 1. The maximum Gasteiger partial charge on any atom is 0.322 e. The zero-order valence-electron chi connectivity index (χ0n) is 10.7. The molecule has 0 aliphatic carbocycles. The van der Waals surface area contributed by atoms with E-state index in [-0.39, 0.29) is 17.6 Å². The third kappa shape index (κ3) is 5.78. The van der Waals surface area contributed by atoms with Crippen LogP contribution in [0.1, 0.15) is 53.4 Å². The van der Waals surface area contributed by atoms with Crippen molar-refractivity contribution in [3.8, 4) is 0 Å². The quantitative estimate of drug-likeness (QED) is 0.663. The van der Waals surface area contributed by atoms with Crippen LogP contribution in [-0.4, -0.2) is 24.7 Å². The van der Waals surface area contributed by atoms with E-state index in [0.29, 0.717) is 0 Å². The molecule has 1 unspecified atom stereocenters. The average Bonchev–Trinajstić information content (AvgIpc) is 2.23. The number of esters is 1. The molecule has 0 rings (SSSR count). The molecule has 0 heterocycles. The zero-order chi connectivity index (χ0) is 11.9. The minimum absolute atomic E-state index is 0.00734. The Morgan fingerprint density at radius 2 is 2.00 bits per heavy atom. The van der Waals surface area contributed by atoms with Crippen molar-refractivity contribution in [3.63, 3.8) is 0 Å². The maximum atomic E-state index is 11.5. The van der Waals surface area contributed by atoms with Crippen LogP contribution in [0.15, 0.2) is 0 Å². The van der Waals surface area contributed by atoms with Crippen molar-refractivity contribution in [1.82, 2.24) is 5.32 Å². The minimum atomic E-state index is -0.162. The van der Waals surface area contributed by atoms with E-state index in [1.165, 1.54) is 7.11 Å². The van der Waals surface area contributed by atoms with E-state index in [0.717, 1.165) is 25.7 Å². The highest BCUT2D eigenvalue weighted by atomic mass is 16.5. The lowest BCUT2D eigenvalue weighted by Gasteiger charge is -2.29. The molecule has 1 N–H and O–H groups in total. The van der Waals surface area contributed by atoms with E-state index in [1.807, 2.05) is 0 Å². The van der Waals surface area contributed by atoms with Gasteiger partial charge in [-0.05, 0) is 26.7 Å². The number of methoxy groups -OCH3 is 1. The first-order valence-electron chi connectivity index (χ1n) is 5.82. The Labute approximate surface area is 93.6 Å². The van der Waals surface area contributed by atoms with Gasteiger partial charge in [-0.25, -0.2) is 0 Å². The van der Waals surface area contributed by atoms with Gasteiger partial charge in [0.05, 0.1) is 7.11 Å². The molecular weight excluding hydrogens is 190 g/mol. The smallest absolute Gasteiger partial charge is 0.322 e. The second kappa shape index (κ2) is 6.83. The van der Waals surface area contributed by atoms with Crippen LogP contribution < -0.4 is 5.32 Å². The van der Waals surface area contributed by atoms with Crippen molar-refractivity contribution in [1.29, 1.82) is 0 Å². The van der Waals surface area contributed by atoms with Gasteiger partial charge in [-0.15, -0.1) is 0 Å². The lowest BCUT2D eigenvalue weighted by molar-refractivity contribution is -0.144. The summed E-state index contributed by atoms with van der Waals surface area (Å²) in [4.78, 5) is 11.5. The van der Waals surface area contributed by atoms with Crippen molar-refractivity contribution >= 4 is 5.97 Å². The van der Waals surface area contributed by atoms with Gasteiger partial charge in [0, 0.05) is 5.54 Å². The fourth-order valence-electron chi connectivity index (χ4n) is 1.37. The summed E-state index contributed by atoms with van der Waals surface area (Å²) < 4.78 is 4.80. The average molecular weight is 215 g/mol. The summed E-state index contributed by atoms with van der Waals surface area (Å²) in [6.45, 7) is 8.45. The summed E-state index contributed by atoms with van der Waals surface area (Å²) in [6, 6.07) is -0.162. The Kier molecular flexibility index (Phi) is 6.57. The van der Waals surface area contributed by atoms with Crippen LogP contribution in [-0.2, 0) is 9.53 Å². The SMILES string of the molecule is CCCCC(NC(C)(C)CC)C(=O)OC. The molecule has 0 bridgehead atoms. The monoisotopic (exact) mass is 215 g/mol. The van der Waals surface area contributed by atoms with Crippen LogP contribution in [0.5, 0.6) is 0 Å². The predicted molar refractivity (Wildman–Crippen MR) is 62.8 cm³/mol. The van der Waals surface area contributed by atoms with E-state index < -0.39 is 0 Å². The molecule has 3 nitrogen and oxygen atoms in total. The van der Waals surface area contributed by atoms with Gasteiger partial charge in [0.25, 0.3) is 0 Å². The van der Waals surface area contributed by atoms with Gasteiger partial charge < -0.3 is 4.74 Å². The minimum Gasteiger partial charge on any atom is -0.468 e. The maximum absolute atomic E-state index is 11.5.